The number of aliphatic hydroxyl groups excluding tert-OH is 3. The molecule has 0 radical (unpaired) electrons. The van der Waals surface area contributed by atoms with Crippen LogP contribution < -0.4 is 5.32 Å². The zero-order chi connectivity index (χ0) is 21.8. The number of nitrogens with one attached hydrogen (secondary N) is 1. The zero-order valence-electron chi connectivity index (χ0n) is 18.0. The van der Waals surface area contributed by atoms with Crippen molar-refractivity contribution in [1.82, 2.24) is 5.32 Å². The molecule has 1 aliphatic carbocycles. The van der Waals surface area contributed by atoms with E-state index < -0.39 is 18.3 Å². The first-order valence-corrected chi connectivity index (χ1v) is 11.2. The molecule has 5 heteroatoms. The first-order chi connectivity index (χ1) is 14.5. The largest absolute Gasteiger partial charge is 0.393 e. The minimum absolute atomic E-state index is 0.0581. The maximum atomic E-state index is 11.4. The van der Waals surface area contributed by atoms with Crippen LogP contribution in [0.5, 0.6) is 0 Å². The van der Waals surface area contributed by atoms with E-state index in [9.17, 15) is 20.1 Å². The number of carbonyl (C=O) groups excluding carboxylic acids is 1. The Labute approximate surface area is 180 Å². The molecule has 0 bridgehead atoms. The van der Waals surface area contributed by atoms with Crippen LogP contribution in [-0.2, 0) is 11.2 Å². The highest BCUT2D eigenvalue weighted by atomic mass is 16.3. The summed E-state index contributed by atoms with van der Waals surface area (Å²) in [5.74, 6) is -0.139. The number of allylic oxidation sites excluding steroid dienone is 2. The van der Waals surface area contributed by atoms with Gasteiger partial charge in [0.2, 0.25) is 5.91 Å². The van der Waals surface area contributed by atoms with Crippen molar-refractivity contribution in [1.29, 1.82) is 0 Å². The van der Waals surface area contributed by atoms with Gasteiger partial charge in [-0.1, -0.05) is 54.6 Å². The summed E-state index contributed by atoms with van der Waals surface area (Å²) in [5.41, 5.74) is 1.19. The standard InChI is InChI=1S/C25H37NO4/c1-2-26-25(30)13-9-4-3-8-12-21-22(24(29)18-23(21)28)17-16-20(27)15-14-19-10-6-5-7-11-19/h3,5-8,10-11,16-17,20-24,27-29H,2,4,9,12-15,18H2,1H3,(H,26,30)/t20-,21+,22+,23-,24+/m0/s1. The summed E-state index contributed by atoms with van der Waals surface area (Å²) in [6.07, 6.45) is 10.6. The summed E-state index contributed by atoms with van der Waals surface area (Å²) < 4.78 is 0. The summed E-state index contributed by atoms with van der Waals surface area (Å²) in [5, 5.41) is 33.8. The van der Waals surface area contributed by atoms with E-state index in [0.29, 0.717) is 32.2 Å². The second kappa shape index (κ2) is 13.4. The summed E-state index contributed by atoms with van der Waals surface area (Å²) in [4.78, 5) is 11.4. The van der Waals surface area contributed by atoms with Crippen LogP contribution in [0.3, 0.4) is 0 Å². The Kier molecular flexibility index (Phi) is 10.8. The number of carbonyl (C=O) groups is 1. The molecule has 1 saturated carbocycles. The molecule has 1 aliphatic rings. The normalized spacial score (nSPS) is 25.2. The van der Waals surface area contributed by atoms with Gasteiger partial charge in [-0.2, -0.15) is 0 Å². The number of unbranched alkanes of at least 4 members (excludes halogenated alkanes) is 1. The van der Waals surface area contributed by atoms with Crippen molar-refractivity contribution in [2.24, 2.45) is 11.8 Å². The lowest BCUT2D eigenvalue weighted by Gasteiger charge is -2.19. The van der Waals surface area contributed by atoms with Crippen molar-refractivity contribution in [3.8, 4) is 0 Å². The van der Waals surface area contributed by atoms with Gasteiger partial charge in [0.25, 0.3) is 0 Å². The monoisotopic (exact) mass is 415 g/mol. The third kappa shape index (κ3) is 8.42. The van der Waals surface area contributed by atoms with E-state index in [0.717, 1.165) is 19.3 Å². The average molecular weight is 416 g/mol. The van der Waals surface area contributed by atoms with E-state index >= 15 is 0 Å². The number of benzene rings is 1. The van der Waals surface area contributed by atoms with Gasteiger partial charge in [-0.25, -0.2) is 0 Å². The summed E-state index contributed by atoms with van der Waals surface area (Å²) >= 11 is 0. The average Bonchev–Trinajstić information content (AvgIpc) is 3.00. The minimum Gasteiger partial charge on any atom is -0.393 e. The molecule has 0 aliphatic heterocycles. The Balaban J connectivity index is 1.78. The summed E-state index contributed by atoms with van der Waals surface area (Å²) in [6.45, 7) is 2.57. The number of rotatable bonds is 12. The van der Waals surface area contributed by atoms with Crippen molar-refractivity contribution in [3.63, 3.8) is 0 Å². The number of hydrogen-bond donors (Lipinski definition) is 4. The van der Waals surface area contributed by atoms with Gasteiger partial charge in [-0.3, -0.25) is 4.79 Å². The molecule has 0 heterocycles. The van der Waals surface area contributed by atoms with Gasteiger partial charge >= 0.3 is 0 Å². The lowest BCUT2D eigenvalue weighted by atomic mass is 9.89. The quantitative estimate of drug-likeness (QED) is 0.312. The molecule has 2 rings (SSSR count). The molecular weight excluding hydrogens is 378 g/mol. The molecule has 166 valence electrons. The molecule has 0 spiro atoms. The van der Waals surface area contributed by atoms with Crippen LogP contribution in [0.15, 0.2) is 54.6 Å². The molecule has 4 N–H and O–H groups in total. The topological polar surface area (TPSA) is 89.8 Å². The van der Waals surface area contributed by atoms with Crippen molar-refractivity contribution in [2.45, 2.75) is 70.2 Å². The van der Waals surface area contributed by atoms with Crippen molar-refractivity contribution >= 4 is 5.91 Å². The number of aryl methyl sites for hydroxylation is 1. The van der Waals surface area contributed by atoms with Crippen LogP contribution in [0.2, 0.25) is 0 Å². The summed E-state index contributed by atoms with van der Waals surface area (Å²) in [7, 11) is 0. The Morgan fingerprint density at radius 2 is 1.97 bits per heavy atom. The fourth-order valence-corrected chi connectivity index (χ4v) is 4.06. The first-order valence-electron chi connectivity index (χ1n) is 11.2. The van der Waals surface area contributed by atoms with Gasteiger partial charge < -0.3 is 20.6 Å². The third-order valence-electron chi connectivity index (χ3n) is 5.77. The van der Waals surface area contributed by atoms with E-state index in [-0.39, 0.29) is 17.7 Å². The van der Waals surface area contributed by atoms with Crippen molar-refractivity contribution in [3.05, 3.63) is 60.2 Å². The fraction of sp³-hybridized carbons (Fsp3) is 0.560. The van der Waals surface area contributed by atoms with Crippen LogP contribution in [-0.4, -0.2) is 46.1 Å². The van der Waals surface area contributed by atoms with Gasteiger partial charge in [0, 0.05) is 25.3 Å². The van der Waals surface area contributed by atoms with Gasteiger partial charge in [0.1, 0.15) is 0 Å². The van der Waals surface area contributed by atoms with Crippen LogP contribution in [0, 0.1) is 11.8 Å². The van der Waals surface area contributed by atoms with Gasteiger partial charge in [0.15, 0.2) is 0 Å². The Hall–Kier alpha value is -1.95. The van der Waals surface area contributed by atoms with Crippen LogP contribution in [0.1, 0.15) is 51.0 Å². The second-order valence-corrected chi connectivity index (χ2v) is 8.14. The molecule has 1 amide bonds. The van der Waals surface area contributed by atoms with Crippen LogP contribution >= 0.6 is 0 Å². The van der Waals surface area contributed by atoms with E-state index in [1.54, 1.807) is 6.08 Å². The lowest BCUT2D eigenvalue weighted by Crippen LogP contribution is -2.21. The van der Waals surface area contributed by atoms with Crippen molar-refractivity contribution in [2.75, 3.05) is 6.54 Å². The van der Waals surface area contributed by atoms with E-state index in [4.69, 9.17) is 0 Å². The predicted molar refractivity (Wildman–Crippen MR) is 120 cm³/mol. The SMILES string of the molecule is CCNC(=O)CCCC=CC[C@@H]1[C@@H](C=C[C@@H](O)CCc2ccccc2)[C@H](O)C[C@@H]1O. The van der Waals surface area contributed by atoms with E-state index in [1.165, 1.54) is 5.56 Å². The van der Waals surface area contributed by atoms with Crippen LogP contribution in [0.4, 0.5) is 0 Å². The third-order valence-corrected chi connectivity index (χ3v) is 5.77. The highest BCUT2D eigenvalue weighted by molar-refractivity contribution is 5.75. The maximum Gasteiger partial charge on any atom is 0.219 e. The summed E-state index contributed by atoms with van der Waals surface area (Å²) in [6, 6.07) is 10.1. The predicted octanol–water partition coefficient (Wildman–Crippen LogP) is 3.15. The van der Waals surface area contributed by atoms with Crippen LogP contribution in [0.25, 0.3) is 0 Å². The number of aliphatic hydroxyl groups is 3. The molecule has 0 unspecified atom stereocenters. The molecule has 5 nitrogen and oxygen atoms in total. The minimum atomic E-state index is -0.589. The molecule has 5 atom stereocenters. The molecule has 1 fully saturated rings. The second-order valence-electron chi connectivity index (χ2n) is 8.14. The maximum absolute atomic E-state index is 11.4. The Bertz CT molecular complexity index is 673. The molecule has 1 aromatic carbocycles. The van der Waals surface area contributed by atoms with Gasteiger partial charge in [-0.15, -0.1) is 0 Å². The Morgan fingerprint density at radius 1 is 1.20 bits per heavy atom. The molecule has 1 aromatic rings. The van der Waals surface area contributed by atoms with E-state index in [2.05, 4.69) is 5.32 Å². The first kappa shape index (κ1) is 24.3. The molecule has 30 heavy (non-hydrogen) atoms. The smallest absolute Gasteiger partial charge is 0.219 e. The number of hydrogen-bond acceptors (Lipinski definition) is 4. The lowest BCUT2D eigenvalue weighted by molar-refractivity contribution is -0.121. The van der Waals surface area contributed by atoms with Crippen molar-refractivity contribution < 1.29 is 20.1 Å². The van der Waals surface area contributed by atoms with E-state index in [1.807, 2.05) is 55.5 Å². The molecule has 0 saturated heterocycles. The Morgan fingerprint density at radius 3 is 2.70 bits per heavy atom. The highest BCUT2D eigenvalue weighted by Crippen LogP contribution is 2.36. The molecular formula is C25H37NO4. The fourth-order valence-electron chi connectivity index (χ4n) is 4.06. The van der Waals surface area contributed by atoms with Gasteiger partial charge in [-0.05, 0) is 50.5 Å². The van der Waals surface area contributed by atoms with Gasteiger partial charge in [0.05, 0.1) is 18.3 Å². The number of amides is 1. The highest BCUT2D eigenvalue weighted by Gasteiger charge is 2.39. The zero-order valence-corrected chi connectivity index (χ0v) is 18.0. The molecule has 0 aromatic heterocycles.